The predicted molar refractivity (Wildman–Crippen MR) is 83.8 cm³/mol. The maximum Gasteiger partial charge on any atom is 0.242 e. The number of benzene rings is 1. The second kappa shape index (κ2) is 7.87. The summed E-state index contributed by atoms with van der Waals surface area (Å²) in [6.07, 6.45) is 1.74. The van der Waals surface area contributed by atoms with Crippen molar-refractivity contribution in [3.8, 4) is 11.5 Å². The molecule has 0 aliphatic carbocycles. The lowest BCUT2D eigenvalue weighted by Crippen LogP contribution is -2.28. The van der Waals surface area contributed by atoms with Crippen molar-refractivity contribution >= 4 is 21.6 Å². The Kier molecular flexibility index (Phi) is 6.77. The van der Waals surface area contributed by atoms with E-state index >= 15 is 0 Å². The SMILES string of the molecule is CCCCN(C)S(=O)(=O)c1cc(CCl)c(OC)c(OC)c1. The van der Waals surface area contributed by atoms with Gasteiger partial charge in [-0.3, -0.25) is 0 Å². The number of alkyl halides is 1. The largest absolute Gasteiger partial charge is 0.493 e. The highest BCUT2D eigenvalue weighted by Gasteiger charge is 2.24. The van der Waals surface area contributed by atoms with Crippen LogP contribution in [0.5, 0.6) is 11.5 Å². The molecular formula is C14H22ClNO4S. The quantitative estimate of drug-likeness (QED) is 0.685. The molecule has 0 N–H and O–H groups in total. The zero-order valence-corrected chi connectivity index (χ0v) is 14.4. The fraction of sp³-hybridized carbons (Fsp3) is 0.571. The number of methoxy groups -OCH3 is 2. The van der Waals surface area contributed by atoms with Crippen LogP contribution < -0.4 is 9.47 Å². The van der Waals surface area contributed by atoms with Gasteiger partial charge in [-0.05, 0) is 12.5 Å². The van der Waals surface area contributed by atoms with Gasteiger partial charge in [-0.15, -0.1) is 11.6 Å². The highest BCUT2D eigenvalue weighted by atomic mass is 35.5. The van der Waals surface area contributed by atoms with Crippen molar-refractivity contribution in [3.05, 3.63) is 17.7 Å². The molecule has 0 atom stereocenters. The number of ether oxygens (including phenoxy) is 2. The van der Waals surface area contributed by atoms with E-state index in [1.165, 1.54) is 30.7 Å². The number of halogens is 1. The topological polar surface area (TPSA) is 55.8 Å². The van der Waals surface area contributed by atoms with Crippen LogP contribution in [0.3, 0.4) is 0 Å². The van der Waals surface area contributed by atoms with Crippen LogP contribution in [0.2, 0.25) is 0 Å². The summed E-state index contributed by atoms with van der Waals surface area (Å²) in [7, 11) is 0.970. The second-order valence-corrected chi connectivity index (χ2v) is 6.94. The minimum atomic E-state index is -3.56. The summed E-state index contributed by atoms with van der Waals surface area (Å²) < 4.78 is 36.9. The Hall–Kier alpha value is -0.980. The number of hydrogen-bond acceptors (Lipinski definition) is 4. The fourth-order valence-electron chi connectivity index (χ4n) is 1.94. The van der Waals surface area contributed by atoms with Gasteiger partial charge in [-0.2, -0.15) is 0 Å². The maximum absolute atomic E-state index is 12.6. The van der Waals surface area contributed by atoms with Crippen LogP contribution in [0.15, 0.2) is 17.0 Å². The Morgan fingerprint density at radius 2 is 1.90 bits per heavy atom. The lowest BCUT2D eigenvalue weighted by Gasteiger charge is -2.19. The number of unbranched alkanes of at least 4 members (excludes halogenated alkanes) is 1. The molecule has 0 radical (unpaired) electrons. The van der Waals surface area contributed by atoms with Crippen molar-refractivity contribution in [3.63, 3.8) is 0 Å². The Morgan fingerprint density at radius 1 is 1.24 bits per heavy atom. The molecule has 0 aliphatic heterocycles. The Labute approximate surface area is 131 Å². The molecule has 0 amide bonds. The maximum atomic E-state index is 12.6. The number of sulfonamides is 1. The molecule has 0 unspecified atom stereocenters. The van der Waals surface area contributed by atoms with Crippen molar-refractivity contribution in [2.45, 2.75) is 30.5 Å². The molecule has 120 valence electrons. The standard InChI is InChI=1S/C14H22ClNO4S/c1-5-6-7-16(2)21(17,18)12-8-11(10-15)14(20-4)13(9-12)19-3/h8-9H,5-7,10H2,1-4H3. The number of hydrogen-bond donors (Lipinski definition) is 0. The third-order valence-corrected chi connectivity index (χ3v) is 5.33. The van der Waals surface area contributed by atoms with E-state index in [1.54, 1.807) is 7.05 Å². The molecule has 0 heterocycles. The average Bonchev–Trinajstić information content (AvgIpc) is 2.50. The molecule has 0 spiro atoms. The van der Waals surface area contributed by atoms with Gasteiger partial charge in [0.25, 0.3) is 0 Å². The van der Waals surface area contributed by atoms with Gasteiger partial charge >= 0.3 is 0 Å². The number of nitrogens with zero attached hydrogens (tertiary/aromatic N) is 1. The van der Waals surface area contributed by atoms with Crippen molar-refractivity contribution in [1.82, 2.24) is 4.31 Å². The minimum absolute atomic E-state index is 0.140. The molecule has 0 aliphatic rings. The molecule has 1 rings (SSSR count). The summed E-state index contributed by atoms with van der Waals surface area (Å²) in [6.45, 7) is 2.49. The van der Waals surface area contributed by atoms with Crippen LogP contribution in [0, 0.1) is 0 Å². The summed E-state index contributed by atoms with van der Waals surface area (Å²) >= 11 is 5.88. The van der Waals surface area contributed by atoms with Crippen LogP contribution in [0.1, 0.15) is 25.3 Å². The Balaban J connectivity index is 3.30. The van der Waals surface area contributed by atoms with Gasteiger partial charge in [-0.1, -0.05) is 13.3 Å². The van der Waals surface area contributed by atoms with E-state index in [0.29, 0.717) is 23.6 Å². The zero-order chi connectivity index (χ0) is 16.0. The third-order valence-electron chi connectivity index (χ3n) is 3.21. The van der Waals surface area contributed by atoms with E-state index in [0.717, 1.165) is 12.8 Å². The van der Waals surface area contributed by atoms with E-state index in [2.05, 4.69) is 0 Å². The lowest BCUT2D eigenvalue weighted by atomic mass is 10.2. The highest BCUT2D eigenvalue weighted by molar-refractivity contribution is 7.89. The summed E-state index contributed by atoms with van der Waals surface area (Å²) in [6, 6.07) is 3.00. The average molecular weight is 336 g/mol. The molecule has 5 nitrogen and oxygen atoms in total. The monoisotopic (exact) mass is 335 g/mol. The highest BCUT2D eigenvalue weighted by Crippen LogP contribution is 2.35. The number of rotatable bonds is 8. The van der Waals surface area contributed by atoms with E-state index < -0.39 is 10.0 Å². The predicted octanol–water partition coefficient (Wildman–Crippen LogP) is 2.86. The molecule has 7 heteroatoms. The smallest absolute Gasteiger partial charge is 0.242 e. The van der Waals surface area contributed by atoms with Crippen LogP contribution in [0.25, 0.3) is 0 Å². The Bertz CT molecular complexity index is 549. The summed E-state index contributed by atoms with van der Waals surface area (Å²) in [5.74, 6) is 0.961. The molecule has 0 bridgehead atoms. The molecule has 1 aromatic carbocycles. The lowest BCUT2D eigenvalue weighted by molar-refractivity contribution is 0.351. The fourth-order valence-corrected chi connectivity index (χ4v) is 3.42. The van der Waals surface area contributed by atoms with Crippen molar-refractivity contribution in [2.75, 3.05) is 27.8 Å². The first-order valence-corrected chi connectivity index (χ1v) is 8.67. The zero-order valence-electron chi connectivity index (χ0n) is 12.8. The van der Waals surface area contributed by atoms with Crippen LogP contribution in [-0.2, 0) is 15.9 Å². The molecule has 21 heavy (non-hydrogen) atoms. The van der Waals surface area contributed by atoms with Gasteiger partial charge in [0.1, 0.15) is 0 Å². The van der Waals surface area contributed by atoms with Crippen molar-refractivity contribution < 1.29 is 17.9 Å². The molecule has 0 aromatic heterocycles. The van der Waals surface area contributed by atoms with Gasteiger partial charge in [0.05, 0.1) is 25.0 Å². The normalized spacial score (nSPS) is 11.7. The molecule has 0 saturated heterocycles. The van der Waals surface area contributed by atoms with Crippen molar-refractivity contribution in [2.24, 2.45) is 0 Å². The molecular weight excluding hydrogens is 314 g/mol. The van der Waals surface area contributed by atoms with Gasteiger partial charge in [0.15, 0.2) is 11.5 Å². The van der Waals surface area contributed by atoms with Crippen LogP contribution in [0.4, 0.5) is 0 Å². The molecule has 0 saturated carbocycles. The minimum Gasteiger partial charge on any atom is -0.493 e. The third kappa shape index (κ3) is 4.02. The first kappa shape index (κ1) is 18.1. The summed E-state index contributed by atoms with van der Waals surface area (Å²) in [4.78, 5) is 0.161. The first-order chi connectivity index (χ1) is 9.92. The first-order valence-electron chi connectivity index (χ1n) is 6.69. The van der Waals surface area contributed by atoms with Gasteiger partial charge in [0, 0.05) is 25.2 Å². The molecule has 1 aromatic rings. The summed E-state index contributed by atoms with van der Waals surface area (Å²) in [5.41, 5.74) is 0.584. The Morgan fingerprint density at radius 3 is 2.38 bits per heavy atom. The van der Waals surface area contributed by atoms with E-state index in [9.17, 15) is 8.42 Å². The second-order valence-electron chi connectivity index (χ2n) is 4.63. The summed E-state index contributed by atoms with van der Waals surface area (Å²) in [5, 5.41) is 0. The van der Waals surface area contributed by atoms with Gasteiger partial charge < -0.3 is 9.47 Å². The van der Waals surface area contributed by atoms with Crippen molar-refractivity contribution in [1.29, 1.82) is 0 Å². The van der Waals surface area contributed by atoms with E-state index in [4.69, 9.17) is 21.1 Å². The van der Waals surface area contributed by atoms with E-state index in [1.807, 2.05) is 6.92 Å². The molecule has 0 fully saturated rings. The van der Waals surface area contributed by atoms with Gasteiger partial charge in [-0.25, -0.2) is 12.7 Å². The van der Waals surface area contributed by atoms with Gasteiger partial charge in [0.2, 0.25) is 10.0 Å². The van der Waals surface area contributed by atoms with Crippen LogP contribution in [-0.4, -0.2) is 40.5 Å². The van der Waals surface area contributed by atoms with Crippen LogP contribution >= 0.6 is 11.6 Å². The van der Waals surface area contributed by atoms with E-state index in [-0.39, 0.29) is 10.8 Å².